The van der Waals surface area contributed by atoms with Crippen LogP contribution < -0.4 is 5.32 Å². The molecule has 0 saturated carbocycles. The second kappa shape index (κ2) is 5.02. The summed E-state index contributed by atoms with van der Waals surface area (Å²) >= 11 is 5.84. The van der Waals surface area contributed by atoms with Crippen molar-refractivity contribution in [3.05, 3.63) is 23.5 Å². The van der Waals surface area contributed by atoms with Gasteiger partial charge in [0.1, 0.15) is 5.15 Å². The molecule has 88 valence electrons. The Balaban J connectivity index is 1.98. The second-order valence-electron chi connectivity index (χ2n) is 4.44. The minimum Gasteiger partial charge on any atom is -0.382 e. The normalized spacial score (nSPS) is 30.1. The third-order valence-corrected chi connectivity index (χ3v) is 3.00. The first-order valence-corrected chi connectivity index (χ1v) is 6.05. The molecule has 2 atom stereocenters. The Bertz CT molecular complexity index is 349. The van der Waals surface area contributed by atoms with Gasteiger partial charge in [-0.25, -0.2) is 4.98 Å². The highest BCUT2D eigenvalue weighted by atomic mass is 35.5. The lowest BCUT2D eigenvalue weighted by molar-refractivity contribution is -0.0337. The van der Waals surface area contributed by atoms with Crippen molar-refractivity contribution in [3.8, 4) is 0 Å². The van der Waals surface area contributed by atoms with Crippen LogP contribution in [0.25, 0.3) is 0 Å². The fourth-order valence-electron chi connectivity index (χ4n) is 2.25. The van der Waals surface area contributed by atoms with Crippen LogP contribution in [0.3, 0.4) is 0 Å². The van der Waals surface area contributed by atoms with Gasteiger partial charge in [-0.05, 0) is 38.8 Å². The van der Waals surface area contributed by atoms with E-state index in [1.165, 1.54) is 0 Å². The van der Waals surface area contributed by atoms with E-state index in [1.807, 2.05) is 12.1 Å². The fraction of sp³-hybridized carbons (Fsp3) is 0.583. The lowest BCUT2D eigenvalue weighted by Crippen LogP contribution is -2.36. The highest BCUT2D eigenvalue weighted by molar-refractivity contribution is 6.29. The zero-order valence-corrected chi connectivity index (χ0v) is 10.4. The SMILES string of the molecule is CC1CC(Nc2ccnc(Cl)c2)CC(C)O1. The van der Waals surface area contributed by atoms with Gasteiger partial charge in [-0.1, -0.05) is 11.6 Å². The maximum atomic E-state index is 5.84. The number of ether oxygens (including phenoxy) is 1. The third kappa shape index (κ3) is 3.09. The smallest absolute Gasteiger partial charge is 0.131 e. The monoisotopic (exact) mass is 240 g/mol. The van der Waals surface area contributed by atoms with Gasteiger partial charge >= 0.3 is 0 Å². The summed E-state index contributed by atoms with van der Waals surface area (Å²) in [6.07, 6.45) is 4.42. The Morgan fingerprint density at radius 3 is 2.69 bits per heavy atom. The summed E-state index contributed by atoms with van der Waals surface area (Å²) in [5.74, 6) is 0. The molecule has 1 aliphatic heterocycles. The van der Waals surface area contributed by atoms with Gasteiger partial charge in [0, 0.05) is 17.9 Å². The van der Waals surface area contributed by atoms with Crippen molar-refractivity contribution >= 4 is 17.3 Å². The molecule has 2 rings (SSSR count). The molecule has 0 bridgehead atoms. The van der Waals surface area contributed by atoms with E-state index in [-0.39, 0.29) is 0 Å². The molecule has 0 spiro atoms. The Kier molecular flexibility index (Phi) is 3.66. The van der Waals surface area contributed by atoms with Crippen LogP contribution in [-0.4, -0.2) is 23.2 Å². The van der Waals surface area contributed by atoms with Gasteiger partial charge < -0.3 is 10.1 Å². The summed E-state index contributed by atoms with van der Waals surface area (Å²) in [6, 6.07) is 4.25. The molecule has 1 aliphatic rings. The van der Waals surface area contributed by atoms with Crippen LogP contribution in [0.2, 0.25) is 5.15 Å². The van der Waals surface area contributed by atoms with Crippen molar-refractivity contribution in [2.75, 3.05) is 5.32 Å². The maximum Gasteiger partial charge on any atom is 0.131 e. The van der Waals surface area contributed by atoms with E-state index < -0.39 is 0 Å². The van der Waals surface area contributed by atoms with Gasteiger partial charge in [0.15, 0.2) is 0 Å². The molecular weight excluding hydrogens is 224 g/mol. The predicted octanol–water partition coefficient (Wildman–Crippen LogP) is 3.10. The van der Waals surface area contributed by atoms with Crippen LogP contribution in [0.4, 0.5) is 5.69 Å². The molecule has 1 aromatic rings. The molecule has 0 aromatic carbocycles. The molecule has 0 amide bonds. The van der Waals surface area contributed by atoms with Crippen molar-refractivity contribution in [1.82, 2.24) is 4.98 Å². The summed E-state index contributed by atoms with van der Waals surface area (Å²) in [7, 11) is 0. The standard InChI is InChI=1S/C12H17ClN2O/c1-8-5-11(6-9(2)16-8)15-10-3-4-14-12(13)7-10/h3-4,7-9,11H,5-6H2,1-2H3,(H,14,15). The molecule has 0 aliphatic carbocycles. The number of halogens is 1. The Morgan fingerprint density at radius 1 is 1.38 bits per heavy atom. The number of rotatable bonds is 2. The average Bonchev–Trinajstić information content (AvgIpc) is 2.15. The van der Waals surface area contributed by atoms with Crippen molar-refractivity contribution in [1.29, 1.82) is 0 Å². The molecule has 1 aromatic heterocycles. The van der Waals surface area contributed by atoms with Gasteiger partial charge in [0.25, 0.3) is 0 Å². The van der Waals surface area contributed by atoms with Crippen LogP contribution in [0.1, 0.15) is 26.7 Å². The lowest BCUT2D eigenvalue weighted by atomic mass is 10.00. The zero-order valence-electron chi connectivity index (χ0n) is 9.61. The van der Waals surface area contributed by atoms with Crippen LogP contribution in [0, 0.1) is 0 Å². The Morgan fingerprint density at radius 2 is 2.06 bits per heavy atom. The van der Waals surface area contributed by atoms with E-state index in [2.05, 4.69) is 24.1 Å². The number of anilines is 1. The number of pyridine rings is 1. The first kappa shape index (κ1) is 11.7. The van der Waals surface area contributed by atoms with Gasteiger partial charge in [-0.2, -0.15) is 0 Å². The van der Waals surface area contributed by atoms with E-state index in [0.29, 0.717) is 23.4 Å². The van der Waals surface area contributed by atoms with Crippen LogP contribution in [-0.2, 0) is 4.74 Å². The summed E-state index contributed by atoms with van der Waals surface area (Å²) in [5.41, 5.74) is 1.03. The van der Waals surface area contributed by atoms with Gasteiger partial charge in [-0.3, -0.25) is 0 Å². The van der Waals surface area contributed by atoms with Crippen molar-refractivity contribution < 1.29 is 4.74 Å². The Labute approximate surface area is 101 Å². The molecule has 0 radical (unpaired) electrons. The van der Waals surface area contributed by atoms with E-state index in [4.69, 9.17) is 16.3 Å². The number of nitrogens with one attached hydrogen (secondary N) is 1. The highest BCUT2D eigenvalue weighted by Gasteiger charge is 2.24. The molecular formula is C12H17ClN2O. The number of hydrogen-bond acceptors (Lipinski definition) is 3. The van der Waals surface area contributed by atoms with Crippen molar-refractivity contribution in [3.63, 3.8) is 0 Å². The minimum atomic E-state index is 0.318. The molecule has 4 heteroatoms. The first-order chi connectivity index (χ1) is 7.63. The third-order valence-electron chi connectivity index (χ3n) is 2.79. The van der Waals surface area contributed by atoms with Crippen LogP contribution >= 0.6 is 11.6 Å². The molecule has 2 heterocycles. The summed E-state index contributed by atoms with van der Waals surface area (Å²) in [4.78, 5) is 3.96. The van der Waals surface area contributed by atoms with Crippen molar-refractivity contribution in [2.24, 2.45) is 0 Å². The number of aromatic nitrogens is 1. The lowest BCUT2D eigenvalue weighted by Gasteiger charge is -2.33. The summed E-state index contributed by atoms with van der Waals surface area (Å²) in [6.45, 7) is 4.23. The van der Waals surface area contributed by atoms with Crippen LogP contribution in [0.5, 0.6) is 0 Å². The molecule has 1 N–H and O–H groups in total. The van der Waals surface area contributed by atoms with Gasteiger partial charge in [0.2, 0.25) is 0 Å². The van der Waals surface area contributed by atoms with E-state index in [9.17, 15) is 0 Å². The quantitative estimate of drug-likeness (QED) is 0.807. The zero-order chi connectivity index (χ0) is 11.5. The van der Waals surface area contributed by atoms with Crippen LogP contribution in [0.15, 0.2) is 18.3 Å². The van der Waals surface area contributed by atoms with E-state index in [0.717, 1.165) is 18.5 Å². The molecule has 16 heavy (non-hydrogen) atoms. The molecule has 2 unspecified atom stereocenters. The van der Waals surface area contributed by atoms with E-state index >= 15 is 0 Å². The first-order valence-electron chi connectivity index (χ1n) is 5.67. The summed E-state index contributed by atoms with van der Waals surface area (Å²) < 4.78 is 5.70. The molecule has 3 nitrogen and oxygen atoms in total. The minimum absolute atomic E-state index is 0.318. The highest BCUT2D eigenvalue weighted by Crippen LogP contribution is 2.23. The molecule has 1 fully saturated rings. The topological polar surface area (TPSA) is 34.2 Å². The van der Waals surface area contributed by atoms with E-state index in [1.54, 1.807) is 6.20 Å². The maximum absolute atomic E-state index is 5.84. The van der Waals surface area contributed by atoms with Gasteiger partial charge in [0.05, 0.1) is 12.2 Å². The fourth-order valence-corrected chi connectivity index (χ4v) is 2.42. The predicted molar refractivity (Wildman–Crippen MR) is 65.9 cm³/mol. The molecule has 1 saturated heterocycles. The summed E-state index contributed by atoms with van der Waals surface area (Å²) in [5, 5.41) is 4.00. The average molecular weight is 241 g/mol. The second-order valence-corrected chi connectivity index (χ2v) is 4.82. The largest absolute Gasteiger partial charge is 0.382 e. The van der Waals surface area contributed by atoms with Crippen molar-refractivity contribution in [2.45, 2.75) is 44.9 Å². The Hall–Kier alpha value is -0.800. The van der Waals surface area contributed by atoms with Gasteiger partial charge in [-0.15, -0.1) is 0 Å². The number of nitrogens with zero attached hydrogens (tertiary/aromatic N) is 1. The number of hydrogen-bond donors (Lipinski definition) is 1.